The van der Waals surface area contributed by atoms with Gasteiger partial charge < -0.3 is 26.4 Å². The van der Waals surface area contributed by atoms with E-state index in [-0.39, 0.29) is 12.3 Å². The summed E-state index contributed by atoms with van der Waals surface area (Å²) in [7, 11) is 0. The number of oxime groups is 1. The van der Waals surface area contributed by atoms with Crippen molar-refractivity contribution in [2.45, 2.75) is 51.4 Å². The highest BCUT2D eigenvalue weighted by atomic mass is 19.4. The van der Waals surface area contributed by atoms with Crippen molar-refractivity contribution >= 4 is 23.8 Å². The van der Waals surface area contributed by atoms with E-state index in [4.69, 9.17) is 16.2 Å². The normalized spacial score (nSPS) is 13.3. The summed E-state index contributed by atoms with van der Waals surface area (Å²) in [4.78, 5) is 39.7. The van der Waals surface area contributed by atoms with Crippen LogP contribution in [0.3, 0.4) is 0 Å². The Balaban J connectivity index is 2.74. The van der Waals surface area contributed by atoms with Gasteiger partial charge in [-0.25, -0.2) is 9.59 Å². The van der Waals surface area contributed by atoms with Crippen molar-refractivity contribution in [3.8, 4) is 0 Å². The fourth-order valence-corrected chi connectivity index (χ4v) is 2.06. The van der Waals surface area contributed by atoms with E-state index < -0.39 is 47.8 Å². The number of alkyl halides is 3. The zero-order valence-electron chi connectivity index (χ0n) is 16.6. The van der Waals surface area contributed by atoms with Gasteiger partial charge in [-0.15, -0.1) is 0 Å². The van der Waals surface area contributed by atoms with Crippen LogP contribution in [0.5, 0.6) is 0 Å². The fraction of sp³-hybridized carbons (Fsp3) is 0.444. The number of primary amides is 1. The number of amides is 2. The number of ether oxygens (including phenoxy) is 1. The summed E-state index contributed by atoms with van der Waals surface area (Å²) in [5.41, 5.74) is 9.38. The second-order valence-electron chi connectivity index (χ2n) is 7.23. The molecule has 0 heterocycles. The lowest BCUT2D eigenvalue weighted by Gasteiger charge is -2.21. The Morgan fingerprint density at radius 2 is 1.67 bits per heavy atom. The minimum absolute atomic E-state index is 0.106. The quantitative estimate of drug-likeness (QED) is 0.259. The average molecular weight is 432 g/mol. The molecule has 0 aromatic heterocycles. The summed E-state index contributed by atoms with van der Waals surface area (Å²) in [6.07, 6.45) is -6.13. The molecule has 1 aromatic carbocycles. The smallest absolute Gasteiger partial charge is 0.416 e. The Kier molecular flexibility index (Phi) is 8.19. The monoisotopic (exact) mass is 432 g/mol. The molecule has 0 unspecified atom stereocenters. The summed E-state index contributed by atoms with van der Waals surface area (Å²) in [6, 6.07) is 2.68. The minimum atomic E-state index is -4.47. The molecule has 0 spiro atoms. The summed E-state index contributed by atoms with van der Waals surface area (Å²) in [5, 5.41) is 5.52. The van der Waals surface area contributed by atoms with Gasteiger partial charge >= 0.3 is 18.2 Å². The zero-order chi connectivity index (χ0) is 23.1. The van der Waals surface area contributed by atoms with Crippen LogP contribution >= 0.6 is 0 Å². The highest BCUT2D eigenvalue weighted by molar-refractivity contribution is 5.88. The predicted octanol–water partition coefficient (Wildman–Crippen LogP) is 1.83. The molecule has 0 fully saturated rings. The summed E-state index contributed by atoms with van der Waals surface area (Å²) in [6.45, 7) is 4.79. The second kappa shape index (κ2) is 9.94. The first-order chi connectivity index (χ1) is 13.7. The number of nitrogens with one attached hydrogen (secondary N) is 1. The number of nitrogens with two attached hydrogens (primary N) is 2. The molecule has 0 aliphatic heterocycles. The molecule has 5 N–H and O–H groups in total. The van der Waals surface area contributed by atoms with Crippen LogP contribution in [0.1, 0.15) is 38.3 Å². The molecule has 1 aromatic rings. The van der Waals surface area contributed by atoms with Gasteiger partial charge in [0.15, 0.2) is 0 Å². The third-order valence-electron chi connectivity index (χ3n) is 3.30. The summed E-state index contributed by atoms with van der Waals surface area (Å²) in [5.74, 6) is -2.25. The maximum Gasteiger partial charge on any atom is 0.416 e. The molecule has 0 bridgehead atoms. The molecule has 0 saturated heterocycles. The van der Waals surface area contributed by atoms with E-state index in [1.807, 2.05) is 0 Å². The number of hydrogen-bond acceptors (Lipinski definition) is 6. The van der Waals surface area contributed by atoms with Crippen LogP contribution in [0.15, 0.2) is 29.4 Å². The Morgan fingerprint density at radius 3 is 2.13 bits per heavy atom. The lowest BCUT2D eigenvalue weighted by Crippen LogP contribution is -2.46. The van der Waals surface area contributed by atoms with Gasteiger partial charge in [-0.2, -0.15) is 13.2 Å². The van der Waals surface area contributed by atoms with E-state index in [9.17, 15) is 27.6 Å². The van der Waals surface area contributed by atoms with Gasteiger partial charge in [0.05, 0.1) is 12.0 Å². The SMILES string of the molecule is CC(C)(C)OC(=O)N[C@@H](CC(N)=O)C(=O)O/N=C(\N)Cc1ccc(C(F)(F)F)cc1. The van der Waals surface area contributed by atoms with Gasteiger partial charge in [0, 0.05) is 6.42 Å². The number of amidine groups is 1. The Hall–Kier alpha value is -3.31. The Labute approximate surface area is 170 Å². The lowest BCUT2D eigenvalue weighted by molar-refractivity contribution is -0.147. The van der Waals surface area contributed by atoms with Gasteiger partial charge in [0.25, 0.3) is 0 Å². The van der Waals surface area contributed by atoms with Crippen molar-refractivity contribution in [2.75, 3.05) is 0 Å². The van der Waals surface area contributed by atoms with Gasteiger partial charge in [-0.3, -0.25) is 4.79 Å². The van der Waals surface area contributed by atoms with Crippen molar-refractivity contribution in [2.24, 2.45) is 16.6 Å². The number of carbonyl (C=O) groups is 3. The van der Waals surface area contributed by atoms with E-state index in [0.717, 1.165) is 12.1 Å². The first-order valence-corrected chi connectivity index (χ1v) is 8.64. The molecule has 30 heavy (non-hydrogen) atoms. The highest BCUT2D eigenvalue weighted by Crippen LogP contribution is 2.29. The molecular weight excluding hydrogens is 409 g/mol. The highest BCUT2D eigenvalue weighted by Gasteiger charge is 2.30. The van der Waals surface area contributed by atoms with Crippen LogP contribution in [-0.2, 0) is 31.8 Å². The molecular formula is C18H23F3N4O5. The van der Waals surface area contributed by atoms with Crippen LogP contribution in [0.2, 0.25) is 0 Å². The lowest BCUT2D eigenvalue weighted by atomic mass is 10.1. The van der Waals surface area contributed by atoms with E-state index in [1.54, 1.807) is 20.8 Å². The number of nitrogens with zero attached hydrogens (tertiary/aromatic N) is 1. The topological polar surface area (TPSA) is 146 Å². The molecule has 0 aliphatic rings. The van der Waals surface area contributed by atoms with Crippen molar-refractivity contribution in [1.82, 2.24) is 5.32 Å². The number of halogens is 3. The average Bonchev–Trinajstić information content (AvgIpc) is 2.56. The van der Waals surface area contributed by atoms with E-state index in [1.165, 1.54) is 12.1 Å². The number of alkyl carbamates (subject to hydrolysis) is 1. The molecule has 0 aliphatic carbocycles. The standard InChI is InChI=1S/C18H23F3N4O5/c1-17(2,3)29-16(28)24-12(9-14(23)26)15(27)30-25-13(22)8-10-4-6-11(7-5-10)18(19,20)21/h4-7,12H,8-9H2,1-3H3,(H2,22,25)(H2,23,26)(H,24,28)/t12-/m0/s1. The van der Waals surface area contributed by atoms with E-state index in [2.05, 4.69) is 15.3 Å². The first-order valence-electron chi connectivity index (χ1n) is 8.64. The zero-order valence-corrected chi connectivity index (χ0v) is 16.6. The molecule has 0 saturated carbocycles. The molecule has 0 radical (unpaired) electrons. The molecule has 2 amide bonds. The van der Waals surface area contributed by atoms with Crippen LogP contribution in [0, 0.1) is 0 Å². The largest absolute Gasteiger partial charge is 0.444 e. The van der Waals surface area contributed by atoms with Gasteiger partial charge in [-0.1, -0.05) is 17.3 Å². The number of benzene rings is 1. The van der Waals surface area contributed by atoms with Crippen LogP contribution < -0.4 is 16.8 Å². The molecule has 1 atom stereocenters. The van der Waals surface area contributed by atoms with Crippen molar-refractivity contribution in [1.29, 1.82) is 0 Å². The summed E-state index contributed by atoms with van der Waals surface area (Å²) >= 11 is 0. The fourth-order valence-electron chi connectivity index (χ4n) is 2.06. The van der Waals surface area contributed by atoms with Gasteiger partial charge in [-0.05, 0) is 38.5 Å². The second-order valence-corrected chi connectivity index (χ2v) is 7.23. The van der Waals surface area contributed by atoms with Crippen LogP contribution in [-0.4, -0.2) is 35.4 Å². The summed E-state index contributed by atoms with van der Waals surface area (Å²) < 4.78 is 42.7. The molecule has 166 valence electrons. The third-order valence-corrected chi connectivity index (χ3v) is 3.30. The van der Waals surface area contributed by atoms with E-state index >= 15 is 0 Å². The minimum Gasteiger partial charge on any atom is -0.444 e. The first kappa shape index (κ1) is 24.7. The van der Waals surface area contributed by atoms with E-state index in [0.29, 0.717) is 5.56 Å². The van der Waals surface area contributed by atoms with Crippen molar-refractivity contribution in [3.05, 3.63) is 35.4 Å². The molecule has 1 rings (SSSR count). The third kappa shape index (κ3) is 9.26. The van der Waals surface area contributed by atoms with Crippen molar-refractivity contribution < 1.29 is 37.1 Å². The maximum atomic E-state index is 12.6. The van der Waals surface area contributed by atoms with Gasteiger partial charge in [0.1, 0.15) is 17.5 Å². The van der Waals surface area contributed by atoms with Crippen LogP contribution in [0.4, 0.5) is 18.0 Å². The van der Waals surface area contributed by atoms with Crippen LogP contribution in [0.25, 0.3) is 0 Å². The Bertz CT molecular complexity index is 802. The number of rotatable bonds is 7. The number of hydrogen-bond donors (Lipinski definition) is 3. The van der Waals surface area contributed by atoms with Gasteiger partial charge in [0.2, 0.25) is 5.91 Å². The maximum absolute atomic E-state index is 12.6. The predicted molar refractivity (Wildman–Crippen MR) is 99.8 cm³/mol. The van der Waals surface area contributed by atoms with Crippen molar-refractivity contribution in [3.63, 3.8) is 0 Å². The number of carbonyl (C=O) groups excluding carboxylic acids is 3. The molecule has 9 nitrogen and oxygen atoms in total. The molecule has 12 heteroatoms. The Morgan fingerprint density at radius 1 is 1.10 bits per heavy atom.